The Balaban J connectivity index is 2.04. The Morgan fingerprint density at radius 1 is 0.933 bits per heavy atom. The van der Waals surface area contributed by atoms with Crippen LogP contribution in [-0.4, -0.2) is 46.0 Å². The van der Waals surface area contributed by atoms with Gasteiger partial charge in [-0.25, -0.2) is 0 Å². The van der Waals surface area contributed by atoms with Crippen LogP contribution in [0.25, 0.3) is 0 Å². The van der Waals surface area contributed by atoms with E-state index in [-0.39, 0.29) is 0 Å². The summed E-state index contributed by atoms with van der Waals surface area (Å²) in [7, 11) is 0. The first-order valence-electron chi connectivity index (χ1n) is 7.09. The van der Waals surface area contributed by atoms with Crippen LogP contribution in [0.2, 0.25) is 12.5 Å². The normalized spacial score (nSPS) is 16.6. The first-order chi connectivity index (χ1) is 7.36. The van der Waals surface area contributed by atoms with Gasteiger partial charge in [0.25, 0.3) is 0 Å². The fraction of sp³-hybridized carbons (Fsp3) is 1.00. The summed E-state index contributed by atoms with van der Waals surface area (Å²) < 4.78 is 5.15. The molecule has 0 radical (unpaired) electrons. The average molecular weight is 313 g/mol. The first kappa shape index (κ1) is 13.9. The predicted octanol–water partition coefficient (Wildman–Crippen LogP) is 3.79. The number of rotatable bonds is 8. The van der Waals surface area contributed by atoms with Gasteiger partial charge in [0.1, 0.15) is 0 Å². The van der Waals surface area contributed by atoms with Crippen molar-refractivity contribution in [1.82, 2.24) is 4.90 Å². The molecule has 0 unspecified atom stereocenters. The molecular weight excluding hydrogens is 285 g/mol. The third kappa shape index (κ3) is 6.21. The number of hydrogen-bond acceptors (Lipinski definition) is 1. The summed E-state index contributed by atoms with van der Waals surface area (Å²) >= 11 is -0.865. The fourth-order valence-corrected chi connectivity index (χ4v) is 12.5. The van der Waals surface area contributed by atoms with E-state index < -0.39 is 21.4 Å². The average Bonchev–Trinajstić information content (AvgIpc) is 2.71. The molecule has 0 saturated carbocycles. The molecule has 0 N–H and O–H groups in total. The third-order valence-electron chi connectivity index (χ3n) is 3.64. The van der Waals surface area contributed by atoms with Crippen LogP contribution < -0.4 is 0 Å². The van der Waals surface area contributed by atoms with Crippen LogP contribution in [0.15, 0.2) is 0 Å². The van der Waals surface area contributed by atoms with Gasteiger partial charge < -0.3 is 0 Å². The Morgan fingerprint density at radius 3 is 2.07 bits per heavy atom. The van der Waals surface area contributed by atoms with Crippen LogP contribution in [0.3, 0.4) is 0 Å². The van der Waals surface area contributed by atoms with E-state index in [9.17, 15) is 0 Å². The molecule has 0 atom stereocenters. The zero-order valence-corrected chi connectivity index (χ0v) is 14.1. The van der Waals surface area contributed by atoms with Gasteiger partial charge in [0, 0.05) is 0 Å². The molecule has 0 spiro atoms. The Morgan fingerprint density at radius 2 is 1.53 bits per heavy atom. The molecule has 15 heavy (non-hydrogen) atoms. The quantitative estimate of drug-likeness (QED) is 0.659. The molecule has 0 bridgehead atoms. The van der Waals surface area contributed by atoms with E-state index in [1.807, 2.05) is 0 Å². The molecule has 1 rings (SSSR count). The summed E-state index contributed by atoms with van der Waals surface area (Å²) in [5, 5.41) is 0. The predicted molar refractivity (Wildman–Crippen MR) is 71.0 cm³/mol. The summed E-state index contributed by atoms with van der Waals surface area (Å²) in [5.74, 6) is 0. The van der Waals surface area contributed by atoms with Crippen LogP contribution in [0.5, 0.6) is 0 Å². The van der Waals surface area contributed by atoms with Gasteiger partial charge >= 0.3 is 104 Å². The maximum atomic E-state index is 2.68. The van der Waals surface area contributed by atoms with Crippen LogP contribution in [-0.2, 0) is 0 Å². The van der Waals surface area contributed by atoms with Crippen LogP contribution >= 0.6 is 0 Å². The second kappa shape index (κ2) is 8.92. The van der Waals surface area contributed by atoms with Gasteiger partial charge in [-0.1, -0.05) is 0 Å². The summed E-state index contributed by atoms with van der Waals surface area (Å²) in [5.41, 5.74) is 0. The molecule has 0 amide bonds. The van der Waals surface area contributed by atoms with Crippen molar-refractivity contribution in [3.63, 3.8) is 0 Å². The molecule has 0 aromatic rings. The number of nitrogens with zero attached hydrogens (tertiary/aromatic N) is 1. The van der Waals surface area contributed by atoms with Gasteiger partial charge in [0.05, 0.1) is 0 Å². The molecule has 1 heterocycles. The summed E-state index contributed by atoms with van der Waals surface area (Å²) in [4.78, 5) is 2.68. The molecule has 1 nitrogen and oxygen atoms in total. The van der Waals surface area contributed by atoms with Crippen molar-refractivity contribution >= 4 is 21.4 Å². The SMILES string of the molecule is CCCN(CCC)CC[CH2][In]1[CH2]CC[CH2]1. The van der Waals surface area contributed by atoms with Gasteiger partial charge in [-0.2, -0.15) is 0 Å². The third-order valence-corrected chi connectivity index (χ3v) is 14.1. The molecular formula is C13H28InN. The van der Waals surface area contributed by atoms with Crippen LogP contribution in [0.4, 0.5) is 0 Å². The van der Waals surface area contributed by atoms with Gasteiger partial charge in [-0.05, 0) is 0 Å². The van der Waals surface area contributed by atoms with Crippen molar-refractivity contribution in [1.29, 1.82) is 0 Å². The van der Waals surface area contributed by atoms with Crippen LogP contribution in [0.1, 0.15) is 46.0 Å². The van der Waals surface area contributed by atoms with Crippen molar-refractivity contribution in [3.8, 4) is 0 Å². The minimum absolute atomic E-state index is 0.865. The van der Waals surface area contributed by atoms with Crippen molar-refractivity contribution in [2.24, 2.45) is 0 Å². The molecule has 0 aromatic carbocycles. The second-order valence-electron chi connectivity index (χ2n) is 5.13. The van der Waals surface area contributed by atoms with E-state index in [1.54, 1.807) is 25.4 Å². The number of hydrogen-bond donors (Lipinski definition) is 0. The molecule has 1 fully saturated rings. The minimum atomic E-state index is -0.865. The monoisotopic (exact) mass is 313 g/mol. The van der Waals surface area contributed by atoms with E-state index in [2.05, 4.69) is 18.7 Å². The summed E-state index contributed by atoms with van der Waals surface area (Å²) in [6.07, 6.45) is 7.36. The van der Waals surface area contributed by atoms with E-state index in [0.717, 1.165) is 0 Å². The molecule has 88 valence electrons. The van der Waals surface area contributed by atoms with Gasteiger partial charge in [-0.15, -0.1) is 0 Å². The summed E-state index contributed by atoms with van der Waals surface area (Å²) in [6, 6.07) is 0. The fourth-order valence-electron chi connectivity index (χ4n) is 2.87. The molecule has 1 aliphatic heterocycles. The zero-order chi connectivity index (χ0) is 10.9. The molecule has 0 aliphatic carbocycles. The van der Waals surface area contributed by atoms with Gasteiger partial charge in [0.15, 0.2) is 0 Å². The molecule has 0 aromatic heterocycles. The van der Waals surface area contributed by atoms with Crippen molar-refractivity contribution in [2.45, 2.75) is 58.5 Å². The maximum absolute atomic E-state index is 2.68. The van der Waals surface area contributed by atoms with Crippen molar-refractivity contribution in [2.75, 3.05) is 19.6 Å². The second-order valence-corrected chi connectivity index (χ2v) is 15.0. The Hall–Kier alpha value is 0.830. The Bertz CT molecular complexity index is 137. The zero-order valence-electron chi connectivity index (χ0n) is 10.8. The molecule has 1 aliphatic rings. The first-order valence-corrected chi connectivity index (χ1v) is 14.1. The Labute approximate surface area is 104 Å². The van der Waals surface area contributed by atoms with Gasteiger partial charge in [0.2, 0.25) is 0 Å². The molecule has 1 saturated heterocycles. The van der Waals surface area contributed by atoms with E-state index in [0.29, 0.717) is 0 Å². The van der Waals surface area contributed by atoms with Crippen LogP contribution in [0, 0.1) is 0 Å². The Kier molecular flexibility index (Phi) is 8.26. The van der Waals surface area contributed by atoms with Crippen molar-refractivity contribution in [3.05, 3.63) is 0 Å². The van der Waals surface area contributed by atoms with E-state index in [4.69, 9.17) is 0 Å². The topological polar surface area (TPSA) is 3.24 Å². The van der Waals surface area contributed by atoms with Crippen molar-refractivity contribution < 1.29 is 0 Å². The standard InChI is InChI=1S/C9H20N.C4H8.In/c1-4-7-10(8-5-2)9-6-3;1-3-4-2;/h1,4-9H2,2-3H3;1-4H2;. The van der Waals surface area contributed by atoms with E-state index in [1.165, 1.54) is 38.9 Å². The summed E-state index contributed by atoms with van der Waals surface area (Å²) in [6.45, 7) is 8.66. The van der Waals surface area contributed by atoms with E-state index >= 15 is 0 Å². The van der Waals surface area contributed by atoms with Gasteiger partial charge in [-0.3, -0.25) is 0 Å². The molecule has 2 heteroatoms.